The third-order valence-electron chi connectivity index (χ3n) is 4.86. The minimum atomic E-state index is -0.106. The molecule has 29 heavy (non-hydrogen) atoms. The Hall–Kier alpha value is -3.13. The van der Waals surface area contributed by atoms with Crippen LogP contribution in [0.25, 0.3) is 11.3 Å². The summed E-state index contributed by atoms with van der Waals surface area (Å²) in [7, 11) is 0. The lowest BCUT2D eigenvalue weighted by Crippen LogP contribution is -2.22. The van der Waals surface area contributed by atoms with Crippen molar-refractivity contribution in [2.75, 3.05) is 5.32 Å². The molecule has 0 saturated heterocycles. The van der Waals surface area contributed by atoms with E-state index in [1.807, 2.05) is 44.4 Å². The molecule has 1 amide bonds. The Morgan fingerprint density at radius 2 is 2.03 bits per heavy atom. The highest BCUT2D eigenvalue weighted by Gasteiger charge is 2.16. The van der Waals surface area contributed by atoms with E-state index in [0.717, 1.165) is 39.2 Å². The van der Waals surface area contributed by atoms with Crippen LogP contribution in [-0.4, -0.2) is 25.2 Å². The van der Waals surface area contributed by atoms with Crippen LogP contribution >= 0.6 is 11.3 Å². The zero-order valence-corrected chi connectivity index (χ0v) is 17.7. The minimum Gasteiger partial charge on any atom is -0.464 e. The van der Waals surface area contributed by atoms with Crippen LogP contribution in [0.5, 0.6) is 0 Å². The third kappa shape index (κ3) is 4.02. The summed E-state index contributed by atoms with van der Waals surface area (Å²) in [6.07, 6.45) is 1.67. The predicted molar refractivity (Wildman–Crippen MR) is 113 cm³/mol. The van der Waals surface area contributed by atoms with E-state index in [1.54, 1.807) is 28.3 Å². The van der Waals surface area contributed by atoms with Gasteiger partial charge in [-0.15, -0.1) is 11.3 Å². The number of thiazole rings is 1. The molecular weight excluding hydrogens is 386 g/mol. The number of nitrogens with one attached hydrogen (secondary N) is 1. The van der Waals surface area contributed by atoms with Crippen LogP contribution < -0.4 is 5.32 Å². The number of rotatable bonds is 6. The van der Waals surface area contributed by atoms with Gasteiger partial charge in [-0.05, 0) is 45.9 Å². The van der Waals surface area contributed by atoms with E-state index in [4.69, 9.17) is 4.42 Å². The van der Waals surface area contributed by atoms with Crippen molar-refractivity contribution >= 4 is 23.1 Å². The van der Waals surface area contributed by atoms with E-state index in [9.17, 15) is 4.79 Å². The Balaban J connectivity index is 1.48. The van der Waals surface area contributed by atoms with Gasteiger partial charge in [0.1, 0.15) is 30.4 Å². The van der Waals surface area contributed by atoms with E-state index in [1.165, 1.54) is 0 Å². The fourth-order valence-electron chi connectivity index (χ4n) is 3.40. The van der Waals surface area contributed by atoms with Crippen LogP contribution in [0.3, 0.4) is 0 Å². The number of carbonyl (C=O) groups excluding carboxylic acids is 1. The van der Waals surface area contributed by atoms with Gasteiger partial charge >= 0.3 is 0 Å². The van der Waals surface area contributed by atoms with Crippen LogP contribution in [0.1, 0.15) is 27.9 Å². The number of hydrogen-bond donors (Lipinski definition) is 1. The second-order valence-corrected chi connectivity index (χ2v) is 8.12. The first-order chi connectivity index (χ1) is 13.9. The number of amides is 1. The van der Waals surface area contributed by atoms with Gasteiger partial charge in [0.05, 0.1) is 16.9 Å². The molecule has 0 radical (unpaired) electrons. The van der Waals surface area contributed by atoms with Crippen LogP contribution in [0.15, 0.2) is 40.3 Å². The van der Waals surface area contributed by atoms with E-state index < -0.39 is 0 Å². The van der Waals surface area contributed by atoms with E-state index in [0.29, 0.717) is 12.4 Å². The second-order valence-electron chi connectivity index (χ2n) is 7.06. The molecule has 0 bridgehead atoms. The Bertz CT molecular complexity index is 1160. The normalized spacial score (nSPS) is 11.2. The number of nitrogens with zero attached hydrogens (tertiary/aromatic N) is 4. The molecule has 1 N–H and O–H groups in total. The molecule has 0 atom stereocenters. The zero-order valence-electron chi connectivity index (χ0n) is 16.9. The molecule has 0 spiro atoms. The van der Waals surface area contributed by atoms with Crippen molar-refractivity contribution in [2.45, 2.75) is 40.8 Å². The van der Waals surface area contributed by atoms with Crippen LogP contribution in [0, 0.1) is 27.7 Å². The standard InChI is InChI=1S/C21H23N5O2S/c1-13-9-18(19-12-29-16(4)23-19)15(3)25(13)11-21(27)24-20-7-8-22-26(20)10-17-6-5-14(2)28-17/h5-9,12H,10-11H2,1-4H3,(H,24,27). The zero-order chi connectivity index (χ0) is 20.5. The fourth-order valence-corrected chi connectivity index (χ4v) is 4.01. The second kappa shape index (κ2) is 7.71. The maximum absolute atomic E-state index is 12.7. The van der Waals surface area contributed by atoms with Gasteiger partial charge in [-0.25, -0.2) is 9.67 Å². The van der Waals surface area contributed by atoms with Crippen molar-refractivity contribution in [3.8, 4) is 11.3 Å². The number of anilines is 1. The first-order valence-corrected chi connectivity index (χ1v) is 10.2. The predicted octanol–water partition coefficient (Wildman–Crippen LogP) is 4.32. The highest BCUT2D eigenvalue weighted by atomic mass is 32.1. The lowest BCUT2D eigenvalue weighted by Gasteiger charge is -2.11. The lowest BCUT2D eigenvalue weighted by atomic mass is 10.2. The summed E-state index contributed by atoms with van der Waals surface area (Å²) in [5, 5.41) is 10.3. The molecule has 4 heterocycles. The molecule has 8 heteroatoms. The van der Waals surface area contributed by atoms with Gasteiger partial charge in [-0.3, -0.25) is 4.79 Å². The monoisotopic (exact) mass is 409 g/mol. The number of furan rings is 1. The molecule has 0 aliphatic rings. The molecule has 150 valence electrons. The van der Waals surface area contributed by atoms with Gasteiger partial charge in [0.2, 0.25) is 5.91 Å². The largest absolute Gasteiger partial charge is 0.464 e. The molecule has 7 nitrogen and oxygen atoms in total. The molecule has 0 aliphatic carbocycles. The van der Waals surface area contributed by atoms with Gasteiger partial charge in [0, 0.05) is 28.4 Å². The number of hydrogen-bond acceptors (Lipinski definition) is 5. The maximum atomic E-state index is 12.7. The minimum absolute atomic E-state index is 0.106. The number of carbonyl (C=O) groups is 1. The molecule has 4 aromatic rings. The maximum Gasteiger partial charge on any atom is 0.245 e. The molecule has 0 fully saturated rings. The topological polar surface area (TPSA) is 77.9 Å². The summed E-state index contributed by atoms with van der Waals surface area (Å²) in [5.74, 6) is 2.18. The first-order valence-electron chi connectivity index (χ1n) is 9.37. The Morgan fingerprint density at radius 1 is 1.21 bits per heavy atom. The summed E-state index contributed by atoms with van der Waals surface area (Å²) in [4.78, 5) is 17.3. The highest BCUT2D eigenvalue weighted by molar-refractivity contribution is 7.09. The van der Waals surface area contributed by atoms with Crippen molar-refractivity contribution in [1.82, 2.24) is 19.3 Å². The van der Waals surface area contributed by atoms with E-state index in [-0.39, 0.29) is 12.5 Å². The van der Waals surface area contributed by atoms with Crippen molar-refractivity contribution < 1.29 is 9.21 Å². The van der Waals surface area contributed by atoms with Gasteiger partial charge in [-0.2, -0.15) is 5.10 Å². The Labute approximate surface area is 173 Å². The molecule has 4 rings (SSSR count). The van der Waals surface area contributed by atoms with Crippen molar-refractivity contribution in [3.63, 3.8) is 0 Å². The van der Waals surface area contributed by atoms with Crippen molar-refractivity contribution in [3.05, 3.63) is 63.8 Å². The van der Waals surface area contributed by atoms with Crippen molar-refractivity contribution in [1.29, 1.82) is 0 Å². The molecule has 4 aromatic heterocycles. The molecule has 0 aliphatic heterocycles. The smallest absolute Gasteiger partial charge is 0.245 e. The highest BCUT2D eigenvalue weighted by Crippen LogP contribution is 2.28. The summed E-state index contributed by atoms with van der Waals surface area (Å²) in [5.41, 5.74) is 4.08. The lowest BCUT2D eigenvalue weighted by molar-refractivity contribution is -0.116. The number of aryl methyl sites for hydroxylation is 3. The summed E-state index contributed by atoms with van der Waals surface area (Å²) in [6, 6.07) is 7.69. The summed E-state index contributed by atoms with van der Waals surface area (Å²) in [6.45, 7) is 8.61. The first kappa shape index (κ1) is 19.2. The fraction of sp³-hybridized carbons (Fsp3) is 0.286. The van der Waals surface area contributed by atoms with Crippen LogP contribution in [0.4, 0.5) is 5.82 Å². The summed E-state index contributed by atoms with van der Waals surface area (Å²) >= 11 is 1.63. The van der Waals surface area contributed by atoms with Gasteiger partial charge in [0.25, 0.3) is 0 Å². The molecular formula is C21H23N5O2S. The van der Waals surface area contributed by atoms with Crippen molar-refractivity contribution in [2.24, 2.45) is 0 Å². The SMILES string of the molecule is Cc1ccc(Cn2nccc2NC(=O)Cn2c(C)cc(-c3csc(C)n3)c2C)o1. The van der Waals surface area contributed by atoms with Crippen LogP contribution in [0.2, 0.25) is 0 Å². The van der Waals surface area contributed by atoms with Gasteiger partial charge in [-0.1, -0.05) is 0 Å². The molecule has 0 saturated carbocycles. The average Bonchev–Trinajstić information content (AvgIpc) is 3.43. The molecule has 0 unspecified atom stereocenters. The number of aromatic nitrogens is 4. The quantitative estimate of drug-likeness (QED) is 0.514. The van der Waals surface area contributed by atoms with E-state index in [2.05, 4.69) is 26.8 Å². The van der Waals surface area contributed by atoms with Gasteiger partial charge < -0.3 is 14.3 Å². The Kier molecular flexibility index (Phi) is 5.10. The van der Waals surface area contributed by atoms with Crippen LogP contribution in [-0.2, 0) is 17.9 Å². The third-order valence-corrected chi connectivity index (χ3v) is 5.63. The van der Waals surface area contributed by atoms with E-state index >= 15 is 0 Å². The summed E-state index contributed by atoms with van der Waals surface area (Å²) < 4.78 is 9.33. The Morgan fingerprint density at radius 3 is 2.72 bits per heavy atom. The molecule has 0 aromatic carbocycles. The average molecular weight is 410 g/mol. The van der Waals surface area contributed by atoms with Gasteiger partial charge in [0.15, 0.2) is 0 Å².